The fraction of sp³-hybridized carbons (Fsp3) is 0.692. The van der Waals surface area contributed by atoms with Gasteiger partial charge < -0.3 is 5.32 Å². The fourth-order valence-electron chi connectivity index (χ4n) is 1.88. The lowest BCUT2D eigenvalue weighted by Gasteiger charge is -2.18. The van der Waals surface area contributed by atoms with Gasteiger partial charge in [-0.2, -0.15) is 0 Å². The molecule has 0 aliphatic rings. The Labute approximate surface area is 126 Å². The van der Waals surface area contributed by atoms with E-state index in [1.165, 1.54) is 45.2 Å². The number of nitrogens with one attached hydrogen (secondary N) is 1. The summed E-state index contributed by atoms with van der Waals surface area (Å²) in [7, 11) is 0. The zero-order chi connectivity index (χ0) is 12.7. The quantitative estimate of drug-likeness (QED) is 0.552. The number of hydrogen-bond donors (Lipinski definition) is 1. The van der Waals surface area contributed by atoms with Crippen molar-refractivity contribution in [3.8, 4) is 0 Å². The van der Waals surface area contributed by atoms with Crippen molar-refractivity contribution in [1.82, 2.24) is 5.32 Å². The molecule has 0 radical (unpaired) electrons. The summed E-state index contributed by atoms with van der Waals surface area (Å²) >= 11 is 8.99. The predicted octanol–water partition coefficient (Wildman–Crippen LogP) is 5.89. The Hall–Kier alpha value is 0.620. The van der Waals surface area contributed by atoms with Crippen LogP contribution in [-0.2, 0) is 0 Å². The number of thiophene rings is 1. The van der Waals surface area contributed by atoms with Gasteiger partial charge in [-0.3, -0.25) is 0 Å². The first kappa shape index (κ1) is 15.7. The molecule has 0 saturated carbocycles. The molecule has 0 fully saturated rings. The van der Waals surface area contributed by atoms with Crippen molar-refractivity contribution in [2.45, 2.75) is 52.0 Å². The Bertz CT molecular complexity index is 325. The van der Waals surface area contributed by atoms with E-state index in [-0.39, 0.29) is 0 Å². The van der Waals surface area contributed by atoms with Crippen LogP contribution in [0.25, 0.3) is 0 Å². The van der Waals surface area contributed by atoms with E-state index in [9.17, 15) is 0 Å². The first-order chi connectivity index (χ1) is 8.19. The zero-order valence-electron chi connectivity index (χ0n) is 10.6. The molecule has 1 nitrogen and oxygen atoms in total. The summed E-state index contributed by atoms with van der Waals surface area (Å²) in [5, 5.41) is 3.65. The van der Waals surface area contributed by atoms with Crippen LogP contribution in [0.4, 0.5) is 0 Å². The number of rotatable bonds is 8. The van der Waals surface area contributed by atoms with Gasteiger partial charge in [-0.25, -0.2) is 0 Å². The fourth-order valence-corrected chi connectivity index (χ4v) is 4.85. The molecule has 0 saturated heterocycles. The van der Waals surface area contributed by atoms with Crippen LogP contribution < -0.4 is 5.32 Å². The Balaban J connectivity index is 2.64. The van der Waals surface area contributed by atoms with E-state index in [1.807, 2.05) is 0 Å². The maximum absolute atomic E-state index is 3.67. The second-order valence-electron chi connectivity index (χ2n) is 4.28. The summed E-state index contributed by atoms with van der Waals surface area (Å²) in [6, 6.07) is 2.74. The molecule has 0 aliphatic heterocycles. The van der Waals surface area contributed by atoms with Gasteiger partial charge >= 0.3 is 0 Å². The summed E-state index contributed by atoms with van der Waals surface area (Å²) in [6.07, 6.45) is 6.34. The molecule has 98 valence electrons. The van der Waals surface area contributed by atoms with Crippen LogP contribution in [0.5, 0.6) is 0 Å². The van der Waals surface area contributed by atoms with E-state index in [1.54, 1.807) is 11.3 Å². The highest BCUT2D eigenvalue weighted by atomic mass is 79.9. The molecular weight excluding hydrogens is 362 g/mol. The van der Waals surface area contributed by atoms with Gasteiger partial charge in [0.2, 0.25) is 0 Å². The van der Waals surface area contributed by atoms with Crippen LogP contribution in [0.2, 0.25) is 0 Å². The molecule has 1 aromatic rings. The molecule has 1 rings (SSSR count). The smallest absolute Gasteiger partial charge is 0.0758 e. The second-order valence-corrected chi connectivity index (χ2v) is 8.03. The normalized spacial score (nSPS) is 12.9. The molecular formula is C13H21Br2NS. The second kappa shape index (κ2) is 8.68. The van der Waals surface area contributed by atoms with Crippen LogP contribution in [-0.4, -0.2) is 6.54 Å². The van der Waals surface area contributed by atoms with Gasteiger partial charge in [-0.15, -0.1) is 11.3 Å². The molecule has 4 heteroatoms. The topological polar surface area (TPSA) is 12.0 Å². The van der Waals surface area contributed by atoms with Crippen LogP contribution in [0.15, 0.2) is 13.6 Å². The average molecular weight is 383 g/mol. The molecule has 0 aromatic carbocycles. The van der Waals surface area contributed by atoms with Gasteiger partial charge in [-0.1, -0.05) is 33.1 Å². The van der Waals surface area contributed by atoms with Gasteiger partial charge in [0.05, 0.1) is 7.57 Å². The highest BCUT2D eigenvalue weighted by Crippen LogP contribution is 2.37. The third kappa shape index (κ3) is 5.41. The van der Waals surface area contributed by atoms with Crippen LogP contribution in [0, 0.1) is 0 Å². The third-order valence-electron chi connectivity index (χ3n) is 2.80. The van der Waals surface area contributed by atoms with Crippen molar-refractivity contribution < 1.29 is 0 Å². The van der Waals surface area contributed by atoms with Crippen LogP contribution >= 0.6 is 43.2 Å². The largest absolute Gasteiger partial charge is 0.310 e. The average Bonchev–Trinajstić information content (AvgIpc) is 2.63. The lowest BCUT2D eigenvalue weighted by molar-refractivity contribution is 0.474. The predicted molar refractivity (Wildman–Crippen MR) is 84.9 cm³/mol. The SMILES string of the molecule is CCCCCC(NCCC)c1cc(Br)sc1Br. The summed E-state index contributed by atoms with van der Waals surface area (Å²) < 4.78 is 2.47. The van der Waals surface area contributed by atoms with E-state index in [0.29, 0.717) is 6.04 Å². The van der Waals surface area contributed by atoms with Crippen molar-refractivity contribution in [2.24, 2.45) is 0 Å². The molecule has 17 heavy (non-hydrogen) atoms. The standard InChI is InChI=1S/C13H21Br2NS/c1-3-5-6-7-11(16-8-4-2)10-9-12(14)17-13(10)15/h9,11,16H,3-8H2,1-2H3. The van der Waals surface area contributed by atoms with Gasteiger partial charge in [-0.05, 0) is 62.9 Å². The van der Waals surface area contributed by atoms with Crippen molar-refractivity contribution in [3.63, 3.8) is 0 Å². The van der Waals surface area contributed by atoms with Crippen molar-refractivity contribution in [1.29, 1.82) is 0 Å². The molecule has 1 unspecified atom stereocenters. The van der Waals surface area contributed by atoms with Crippen molar-refractivity contribution in [2.75, 3.05) is 6.54 Å². The molecule has 1 N–H and O–H groups in total. The summed E-state index contributed by atoms with van der Waals surface area (Å²) in [5.41, 5.74) is 1.41. The molecule has 0 spiro atoms. The monoisotopic (exact) mass is 381 g/mol. The van der Waals surface area contributed by atoms with E-state index >= 15 is 0 Å². The first-order valence-corrected chi connectivity index (χ1v) is 8.77. The summed E-state index contributed by atoms with van der Waals surface area (Å²) in [5.74, 6) is 0. The number of hydrogen-bond acceptors (Lipinski definition) is 2. The molecule has 0 bridgehead atoms. The van der Waals surface area contributed by atoms with Crippen molar-refractivity contribution in [3.05, 3.63) is 19.2 Å². The maximum atomic E-state index is 3.67. The van der Waals surface area contributed by atoms with Crippen LogP contribution in [0.3, 0.4) is 0 Å². The minimum absolute atomic E-state index is 0.499. The highest BCUT2D eigenvalue weighted by molar-refractivity contribution is 9.12. The van der Waals surface area contributed by atoms with E-state index in [0.717, 1.165) is 6.54 Å². The summed E-state index contributed by atoms with van der Waals surface area (Å²) in [4.78, 5) is 0. The molecule has 1 heterocycles. The summed E-state index contributed by atoms with van der Waals surface area (Å²) in [6.45, 7) is 5.57. The van der Waals surface area contributed by atoms with Gasteiger partial charge in [0.25, 0.3) is 0 Å². The maximum Gasteiger partial charge on any atom is 0.0758 e. The molecule has 1 aromatic heterocycles. The molecule has 0 amide bonds. The van der Waals surface area contributed by atoms with Gasteiger partial charge in [0, 0.05) is 6.04 Å². The van der Waals surface area contributed by atoms with E-state index in [4.69, 9.17) is 0 Å². The van der Waals surface area contributed by atoms with E-state index < -0.39 is 0 Å². The lowest BCUT2D eigenvalue weighted by Crippen LogP contribution is -2.22. The highest BCUT2D eigenvalue weighted by Gasteiger charge is 2.16. The molecule has 1 atom stereocenters. The first-order valence-electron chi connectivity index (χ1n) is 6.37. The van der Waals surface area contributed by atoms with Gasteiger partial charge in [0.15, 0.2) is 0 Å². The van der Waals surface area contributed by atoms with Crippen LogP contribution in [0.1, 0.15) is 57.6 Å². The Morgan fingerprint density at radius 2 is 2.00 bits per heavy atom. The third-order valence-corrected chi connectivity index (χ3v) is 5.18. The Morgan fingerprint density at radius 3 is 2.53 bits per heavy atom. The minimum atomic E-state index is 0.499. The Kier molecular flexibility index (Phi) is 8.00. The molecule has 0 aliphatic carbocycles. The zero-order valence-corrected chi connectivity index (χ0v) is 14.6. The minimum Gasteiger partial charge on any atom is -0.310 e. The lowest BCUT2D eigenvalue weighted by atomic mass is 10.0. The number of halogens is 2. The van der Waals surface area contributed by atoms with E-state index in [2.05, 4.69) is 57.1 Å². The Morgan fingerprint density at radius 1 is 1.24 bits per heavy atom. The van der Waals surface area contributed by atoms with Crippen molar-refractivity contribution >= 4 is 43.2 Å². The van der Waals surface area contributed by atoms with Gasteiger partial charge in [0.1, 0.15) is 0 Å². The number of unbranched alkanes of at least 4 members (excludes halogenated alkanes) is 2.